The van der Waals surface area contributed by atoms with Crippen molar-refractivity contribution in [3.05, 3.63) is 89.2 Å². The molecule has 2 aromatic carbocycles. The van der Waals surface area contributed by atoms with Crippen molar-refractivity contribution in [1.82, 2.24) is 34.9 Å². The lowest BCUT2D eigenvalue weighted by atomic mass is 9.85. The summed E-state index contributed by atoms with van der Waals surface area (Å²) in [4.78, 5) is 51.6. The predicted molar refractivity (Wildman–Crippen MR) is 246 cm³/mol. The highest BCUT2D eigenvalue weighted by molar-refractivity contribution is 6.06. The number of nitrogens with zero attached hydrogens (tertiary/aromatic N) is 8. The number of phenols is 1. The van der Waals surface area contributed by atoms with E-state index in [9.17, 15) is 19.5 Å². The molecule has 334 valence electrons. The van der Waals surface area contributed by atoms with Crippen molar-refractivity contribution in [3.8, 4) is 17.0 Å². The number of hydrogen-bond acceptors (Lipinski definition) is 11. The molecule has 5 aromatic rings. The summed E-state index contributed by atoms with van der Waals surface area (Å²) in [5.74, 6) is 1.62. The maximum Gasteiger partial charge on any atom is 0.328 e. The van der Waals surface area contributed by atoms with Crippen LogP contribution in [0.25, 0.3) is 22.3 Å². The number of imide groups is 1. The molecular weight excluding hydrogens is 809 g/mol. The quantitative estimate of drug-likeness (QED) is 0.138. The SMILES string of the molecule is COC1CC(c2ccc(C(=O)N3CCN(CC4CCC(n5cc(C6CC6)c6cc(N7CCC(=O)NC7=O)cnc65)CC4)CC3)cc2C)CN(c2cc(-c3ccccc3O)nnc2N)C1. The number of aryl methyl sites for hydroxylation is 1. The van der Waals surface area contributed by atoms with E-state index >= 15 is 0 Å². The minimum atomic E-state index is -0.378. The number of fused-ring (bicyclic) bond motifs is 1. The van der Waals surface area contributed by atoms with Gasteiger partial charge >= 0.3 is 6.03 Å². The van der Waals surface area contributed by atoms with Crippen LogP contribution in [0.4, 0.5) is 22.0 Å². The minimum absolute atomic E-state index is 0.0356. The molecule has 0 spiro atoms. The van der Waals surface area contributed by atoms with E-state index in [0.717, 1.165) is 85.3 Å². The molecule has 5 aliphatic rings. The summed E-state index contributed by atoms with van der Waals surface area (Å²) in [7, 11) is 1.74. The number of aromatic nitrogens is 4. The first-order valence-electron chi connectivity index (χ1n) is 23.0. The Bertz CT molecular complexity index is 2580. The summed E-state index contributed by atoms with van der Waals surface area (Å²) in [6, 6.07) is 17.2. The first kappa shape index (κ1) is 41.9. The Morgan fingerprint density at radius 2 is 1.70 bits per heavy atom. The van der Waals surface area contributed by atoms with Gasteiger partial charge in [-0.05, 0) is 117 Å². The fourth-order valence-corrected chi connectivity index (χ4v) is 10.8. The first-order valence-corrected chi connectivity index (χ1v) is 23.0. The number of aromatic hydroxyl groups is 1. The molecule has 0 radical (unpaired) electrons. The fourth-order valence-electron chi connectivity index (χ4n) is 10.8. The summed E-state index contributed by atoms with van der Waals surface area (Å²) in [6.07, 6.45) is 12.1. The van der Waals surface area contributed by atoms with Crippen LogP contribution in [0.3, 0.4) is 0 Å². The lowest BCUT2D eigenvalue weighted by Gasteiger charge is -2.39. The number of nitrogen functional groups attached to an aromatic ring is 1. The number of methoxy groups -OCH3 is 1. The second-order valence-corrected chi connectivity index (χ2v) is 18.6. The average Bonchev–Trinajstić information content (AvgIpc) is 4.09. The second-order valence-electron chi connectivity index (χ2n) is 18.6. The van der Waals surface area contributed by atoms with Crippen LogP contribution in [-0.2, 0) is 9.53 Å². The maximum absolute atomic E-state index is 13.9. The molecule has 2 aliphatic carbocycles. The topological polar surface area (TPSA) is 175 Å². The van der Waals surface area contributed by atoms with E-state index in [0.29, 0.717) is 74.1 Å². The number of nitrogens with two attached hydrogens (primary N) is 1. The molecule has 0 bridgehead atoms. The van der Waals surface area contributed by atoms with Gasteiger partial charge in [0.1, 0.15) is 11.4 Å². The number of hydrogen-bond donors (Lipinski definition) is 3. The summed E-state index contributed by atoms with van der Waals surface area (Å²) >= 11 is 0. The number of piperazine rings is 1. The molecule has 2 unspecified atom stereocenters. The molecule has 4 N–H and O–H groups in total. The third-order valence-electron chi connectivity index (χ3n) is 14.5. The van der Waals surface area contributed by atoms with Crippen LogP contribution in [0, 0.1) is 12.8 Å². The van der Waals surface area contributed by atoms with Gasteiger partial charge in [-0.2, -0.15) is 0 Å². The van der Waals surface area contributed by atoms with Crippen molar-refractivity contribution in [2.75, 3.05) is 75.0 Å². The number of rotatable bonds is 10. The number of benzene rings is 2. The van der Waals surface area contributed by atoms with Gasteiger partial charge in [-0.3, -0.25) is 24.7 Å². The number of para-hydroxylation sites is 1. The van der Waals surface area contributed by atoms with Crippen molar-refractivity contribution in [1.29, 1.82) is 0 Å². The van der Waals surface area contributed by atoms with Gasteiger partial charge in [0.2, 0.25) is 5.91 Å². The largest absolute Gasteiger partial charge is 0.507 e. The third kappa shape index (κ3) is 8.38. The molecule has 6 heterocycles. The number of piperidine rings is 1. The van der Waals surface area contributed by atoms with Crippen molar-refractivity contribution in [2.24, 2.45) is 5.92 Å². The van der Waals surface area contributed by atoms with Crippen LogP contribution >= 0.6 is 0 Å². The zero-order chi connectivity index (χ0) is 44.1. The molecule has 3 saturated heterocycles. The molecular formula is C49H58N10O5. The standard InChI is InChI=1S/C49H58N10O5/c1-30-21-33(11-14-38(30)34-22-37(64-2)28-57(27-34)43-24-42(53-54-46(43)50)39-5-3-4-6-44(39)60)48(62)56-19-17-55(18-20-56)26-31-7-12-35(13-8-31)59-29-41(32-9-10-32)40-23-36(25-51-47(40)59)58-16-15-45(61)52-49(58)63/h3-6,11,14,21,23-25,29,31-32,34-35,37,60H,7-10,12-13,15-20,22,26-28H2,1-2H3,(H2,50,54)(H,52,61,63). The lowest BCUT2D eigenvalue weighted by molar-refractivity contribution is -0.120. The maximum atomic E-state index is 13.9. The Labute approximate surface area is 373 Å². The van der Waals surface area contributed by atoms with Gasteiger partial charge in [-0.15, -0.1) is 10.2 Å². The van der Waals surface area contributed by atoms with Gasteiger partial charge in [-0.25, -0.2) is 9.78 Å². The number of carbonyl (C=O) groups excluding carboxylic acids is 3. The summed E-state index contributed by atoms with van der Waals surface area (Å²) in [5, 5.41) is 22.6. The van der Waals surface area contributed by atoms with Crippen molar-refractivity contribution >= 4 is 46.1 Å². The number of urea groups is 1. The number of ether oxygens (including phenoxy) is 1. The molecule has 15 heteroatoms. The molecule has 3 aromatic heterocycles. The minimum Gasteiger partial charge on any atom is -0.507 e. The first-order chi connectivity index (χ1) is 31.1. The van der Waals surface area contributed by atoms with Crippen LogP contribution < -0.4 is 20.9 Å². The van der Waals surface area contributed by atoms with E-state index in [1.165, 1.54) is 24.0 Å². The highest BCUT2D eigenvalue weighted by atomic mass is 16.5. The summed E-state index contributed by atoms with van der Waals surface area (Å²) in [5.41, 5.74) is 14.4. The van der Waals surface area contributed by atoms with Gasteiger partial charge in [-0.1, -0.05) is 18.2 Å². The van der Waals surface area contributed by atoms with Gasteiger partial charge in [0.15, 0.2) is 5.82 Å². The van der Waals surface area contributed by atoms with Gasteiger partial charge in [0.25, 0.3) is 5.91 Å². The Morgan fingerprint density at radius 1 is 0.906 bits per heavy atom. The smallest absolute Gasteiger partial charge is 0.328 e. The van der Waals surface area contributed by atoms with Gasteiger partial charge in [0, 0.05) is 101 Å². The highest BCUT2D eigenvalue weighted by Crippen LogP contribution is 2.46. The molecule has 2 saturated carbocycles. The van der Waals surface area contributed by atoms with Gasteiger partial charge < -0.3 is 29.9 Å². The monoisotopic (exact) mass is 866 g/mol. The highest BCUT2D eigenvalue weighted by Gasteiger charge is 2.34. The number of amides is 4. The fraction of sp³-hybridized carbons (Fsp3) is 0.469. The zero-order valence-electron chi connectivity index (χ0n) is 36.8. The van der Waals surface area contributed by atoms with E-state index in [2.05, 4.69) is 55.1 Å². The third-order valence-corrected chi connectivity index (χ3v) is 14.5. The lowest BCUT2D eigenvalue weighted by Crippen LogP contribution is -2.50. The molecule has 2 atom stereocenters. The molecule has 5 fully saturated rings. The van der Waals surface area contributed by atoms with Crippen LogP contribution in [-0.4, -0.2) is 118 Å². The molecule has 10 rings (SSSR count). The number of carbonyl (C=O) groups is 3. The Balaban J connectivity index is 0.738. The Hall–Kier alpha value is -6.06. The van der Waals surface area contributed by atoms with E-state index in [4.69, 9.17) is 15.5 Å². The van der Waals surface area contributed by atoms with Crippen molar-refractivity contribution < 1.29 is 24.2 Å². The van der Waals surface area contributed by atoms with E-state index in [1.807, 2.05) is 35.2 Å². The molecule has 4 amide bonds. The Kier molecular flexibility index (Phi) is 11.5. The molecule has 3 aliphatic heterocycles. The van der Waals surface area contributed by atoms with Crippen LogP contribution in [0.15, 0.2) is 67.0 Å². The zero-order valence-corrected chi connectivity index (χ0v) is 36.8. The number of anilines is 3. The Morgan fingerprint density at radius 3 is 2.44 bits per heavy atom. The van der Waals surface area contributed by atoms with E-state index in [-0.39, 0.29) is 35.6 Å². The number of pyridine rings is 1. The molecule has 15 nitrogen and oxygen atoms in total. The normalized spacial score (nSPS) is 23.4. The van der Waals surface area contributed by atoms with Crippen LogP contribution in [0.1, 0.15) is 96.3 Å². The number of nitrogens with one attached hydrogen (secondary N) is 1. The van der Waals surface area contributed by atoms with Crippen LogP contribution in [0.5, 0.6) is 5.75 Å². The van der Waals surface area contributed by atoms with E-state index in [1.54, 1.807) is 30.3 Å². The van der Waals surface area contributed by atoms with Crippen LogP contribution in [0.2, 0.25) is 0 Å². The summed E-state index contributed by atoms with van der Waals surface area (Å²) < 4.78 is 8.34. The second kappa shape index (κ2) is 17.5. The average molecular weight is 867 g/mol. The molecule has 64 heavy (non-hydrogen) atoms. The summed E-state index contributed by atoms with van der Waals surface area (Å²) in [6.45, 7) is 8.05. The van der Waals surface area contributed by atoms with Crippen molar-refractivity contribution in [2.45, 2.75) is 82.3 Å². The van der Waals surface area contributed by atoms with Gasteiger partial charge in [0.05, 0.1) is 29.4 Å². The van der Waals surface area contributed by atoms with Crippen molar-refractivity contribution in [3.63, 3.8) is 0 Å². The van der Waals surface area contributed by atoms with E-state index < -0.39 is 0 Å². The predicted octanol–water partition coefficient (Wildman–Crippen LogP) is 6.61. The number of phenolic OH excluding ortho intramolecular Hbond substituents is 1.